The van der Waals surface area contributed by atoms with Gasteiger partial charge in [0, 0.05) is 18.3 Å². The van der Waals surface area contributed by atoms with Gasteiger partial charge in [0.1, 0.15) is 5.82 Å². The zero-order valence-electron chi connectivity index (χ0n) is 10.9. The molecule has 0 fully saturated rings. The quantitative estimate of drug-likeness (QED) is 0.859. The molecule has 0 aromatic heterocycles. The summed E-state index contributed by atoms with van der Waals surface area (Å²) in [6.45, 7) is 4.71. The molecular weight excluding hydrogens is 231 g/mol. The number of hydrogen-bond donors (Lipinski definition) is 1. The van der Waals surface area contributed by atoms with E-state index in [0.717, 1.165) is 30.5 Å². The summed E-state index contributed by atoms with van der Waals surface area (Å²) >= 11 is 0. The molecule has 98 valence electrons. The molecule has 1 N–H and O–H groups in total. The first-order valence-corrected chi connectivity index (χ1v) is 6.49. The molecule has 2 rings (SSSR count). The molecule has 0 radical (unpaired) electrons. The van der Waals surface area contributed by atoms with Crippen molar-refractivity contribution < 1.29 is 9.18 Å². The molecule has 0 saturated carbocycles. The smallest absolute Gasteiger partial charge is 0.322 e. The minimum Gasteiger partial charge on any atom is -0.338 e. The molecule has 1 aromatic carbocycles. The number of benzene rings is 1. The molecule has 0 saturated heterocycles. The van der Waals surface area contributed by atoms with Crippen molar-refractivity contribution in [2.75, 3.05) is 11.4 Å². The maximum absolute atomic E-state index is 13.2. The minimum absolute atomic E-state index is 0.0862. The highest BCUT2D eigenvalue weighted by molar-refractivity contribution is 5.93. The predicted molar refractivity (Wildman–Crippen MR) is 70.4 cm³/mol. The lowest BCUT2D eigenvalue weighted by molar-refractivity contribution is 0.243. The number of fused-ring (bicyclic) bond motifs is 1. The average Bonchev–Trinajstić information content (AvgIpc) is 2.36. The van der Waals surface area contributed by atoms with Crippen LogP contribution in [0, 0.1) is 5.82 Å². The van der Waals surface area contributed by atoms with Gasteiger partial charge in [-0.1, -0.05) is 6.92 Å². The van der Waals surface area contributed by atoms with Crippen molar-refractivity contribution in [1.82, 2.24) is 5.32 Å². The number of carbonyl (C=O) groups excluding carboxylic acids is 1. The number of halogens is 1. The van der Waals surface area contributed by atoms with Crippen LogP contribution in [0.15, 0.2) is 18.2 Å². The second kappa shape index (κ2) is 5.38. The highest BCUT2D eigenvalue weighted by Gasteiger charge is 2.28. The summed E-state index contributed by atoms with van der Waals surface area (Å²) in [4.78, 5) is 13.9. The fourth-order valence-electron chi connectivity index (χ4n) is 2.35. The third kappa shape index (κ3) is 2.47. The van der Waals surface area contributed by atoms with Gasteiger partial charge in [0.25, 0.3) is 0 Å². The zero-order chi connectivity index (χ0) is 13.1. The Morgan fingerprint density at radius 2 is 2.33 bits per heavy atom. The third-order valence-corrected chi connectivity index (χ3v) is 3.32. The lowest BCUT2D eigenvalue weighted by Crippen LogP contribution is -2.47. The maximum Gasteiger partial charge on any atom is 0.322 e. The molecule has 1 aliphatic heterocycles. The summed E-state index contributed by atoms with van der Waals surface area (Å²) in [6, 6.07) is 4.71. The second-order valence-corrected chi connectivity index (χ2v) is 4.76. The highest BCUT2D eigenvalue weighted by atomic mass is 19.1. The van der Waals surface area contributed by atoms with Gasteiger partial charge in [-0.3, -0.25) is 4.90 Å². The number of anilines is 1. The van der Waals surface area contributed by atoms with Crippen molar-refractivity contribution in [3.63, 3.8) is 0 Å². The predicted octanol–water partition coefficient (Wildman–Crippen LogP) is 3.09. The molecule has 4 heteroatoms. The van der Waals surface area contributed by atoms with E-state index in [1.165, 1.54) is 12.1 Å². The van der Waals surface area contributed by atoms with E-state index < -0.39 is 0 Å². The summed E-state index contributed by atoms with van der Waals surface area (Å²) < 4.78 is 13.2. The molecule has 0 spiro atoms. The number of amides is 2. The molecule has 2 amide bonds. The fourth-order valence-corrected chi connectivity index (χ4v) is 2.35. The number of hydrogen-bond acceptors (Lipinski definition) is 1. The SMILES string of the molecule is CCCNC(=O)N1c2ccc(F)cc2CCC1C. The fraction of sp³-hybridized carbons (Fsp3) is 0.500. The monoisotopic (exact) mass is 250 g/mol. The van der Waals surface area contributed by atoms with Crippen LogP contribution in [0.4, 0.5) is 14.9 Å². The summed E-state index contributed by atoms with van der Waals surface area (Å²) in [5.41, 5.74) is 1.75. The van der Waals surface area contributed by atoms with Crippen molar-refractivity contribution >= 4 is 11.7 Å². The van der Waals surface area contributed by atoms with Crippen LogP contribution in [-0.2, 0) is 6.42 Å². The van der Waals surface area contributed by atoms with Gasteiger partial charge in [-0.05, 0) is 49.9 Å². The number of aryl methyl sites for hydroxylation is 1. The van der Waals surface area contributed by atoms with E-state index >= 15 is 0 Å². The van der Waals surface area contributed by atoms with E-state index in [-0.39, 0.29) is 17.9 Å². The van der Waals surface area contributed by atoms with Gasteiger partial charge in [0.15, 0.2) is 0 Å². The lowest BCUT2D eigenvalue weighted by Gasteiger charge is -2.35. The normalized spacial score (nSPS) is 18.4. The summed E-state index contributed by atoms with van der Waals surface area (Å²) in [5, 5.41) is 2.88. The third-order valence-electron chi connectivity index (χ3n) is 3.32. The van der Waals surface area contributed by atoms with Gasteiger partial charge in [-0.25, -0.2) is 9.18 Å². The Hall–Kier alpha value is -1.58. The molecule has 1 aliphatic rings. The Morgan fingerprint density at radius 3 is 3.06 bits per heavy atom. The van der Waals surface area contributed by atoms with E-state index in [1.807, 2.05) is 13.8 Å². The van der Waals surface area contributed by atoms with Crippen LogP contribution in [0.1, 0.15) is 32.3 Å². The van der Waals surface area contributed by atoms with Crippen LogP contribution in [0.5, 0.6) is 0 Å². The van der Waals surface area contributed by atoms with Crippen molar-refractivity contribution in [2.45, 2.75) is 39.2 Å². The van der Waals surface area contributed by atoms with Gasteiger partial charge >= 0.3 is 6.03 Å². The molecule has 0 aliphatic carbocycles. The molecule has 1 aromatic rings. The lowest BCUT2D eigenvalue weighted by atomic mass is 9.97. The van der Waals surface area contributed by atoms with Gasteiger partial charge < -0.3 is 5.32 Å². The second-order valence-electron chi connectivity index (χ2n) is 4.76. The van der Waals surface area contributed by atoms with Crippen LogP contribution >= 0.6 is 0 Å². The Morgan fingerprint density at radius 1 is 1.56 bits per heavy atom. The van der Waals surface area contributed by atoms with E-state index in [0.29, 0.717) is 6.54 Å². The molecule has 3 nitrogen and oxygen atoms in total. The molecule has 1 atom stereocenters. The largest absolute Gasteiger partial charge is 0.338 e. The number of urea groups is 1. The van der Waals surface area contributed by atoms with Gasteiger partial charge in [0.2, 0.25) is 0 Å². The number of rotatable bonds is 2. The van der Waals surface area contributed by atoms with Gasteiger partial charge in [0.05, 0.1) is 0 Å². The van der Waals surface area contributed by atoms with Crippen LogP contribution < -0.4 is 10.2 Å². The van der Waals surface area contributed by atoms with E-state index in [2.05, 4.69) is 5.32 Å². The summed E-state index contributed by atoms with van der Waals surface area (Å²) in [5.74, 6) is -0.239. The minimum atomic E-state index is -0.239. The molecule has 18 heavy (non-hydrogen) atoms. The van der Waals surface area contributed by atoms with Crippen LogP contribution in [0.3, 0.4) is 0 Å². The number of carbonyl (C=O) groups is 1. The Kier molecular flexibility index (Phi) is 3.84. The van der Waals surface area contributed by atoms with E-state index in [4.69, 9.17) is 0 Å². The van der Waals surface area contributed by atoms with Gasteiger partial charge in [-0.2, -0.15) is 0 Å². The van der Waals surface area contributed by atoms with Crippen LogP contribution in [-0.4, -0.2) is 18.6 Å². The Labute approximate surface area is 107 Å². The number of nitrogens with zero attached hydrogens (tertiary/aromatic N) is 1. The first kappa shape index (κ1) is 12.9. The van der Waals surface area contributed by atoms with Crippen LogP contribution in [0.25, 0.3) is 0 Å². The zero-order valence-corrected chi connectivity index (χ0v) is 10.9. The first-order chi connectivity index (χ1) is 8.63. The first-order valence-electron chi connectivity index (χ1n) is 6.49. The summed E-state index contributed by atoms with van der Waals surface area (Å²) in [7, 11) is 0. The Balaban J connectivity index is 2.27. The van der Waals surface area contributed by atoms with E-state index in [9.17, 15) is 9.18 Å². The Bertz CT molecular complexity index is 447. The molecular formula is C14H19FN2O. The summed E-state index contributed by atoms with van der Waals surface area (Å²) in [6.07, 6.45) is 2.60. The number of nitrogens with one attached hydrogen (secondary N) is 1. The van der Waals surface area contributed by atoms with Crippen molar-refractivity contribution in [3.05, 3.63) is 29.6 Å². The topological polar surface area (TPSA) is 32.3 Å². The average molecular weight is 250 g/mol. The molecule has 0 bridgehead atoms. The van der Waals surface area contributed by atoms with Crippen LogP contribution in [0.2, 0.25) is 0 Å². The van der Waals surface area contributed by atoms with E-state index in [1.54, 1.807) is 11.0 Å². The van der Waals surface area contributed by atoms with Crippen molar-refractivity contribution in [3.8, 4) is 0 Å². The highest BCUT2D eigenvalue weighted by Crippen LogP contribution is 2.31. The van der Waals surface area contributed by atoms with Crippen molar-refractivity contribution in [1.29, 1.82) is 0 Å². The van der Waals surface area contributed by atoms with Crippen molar-refractivity contribution in [2.24, 2.45) is 0 Å². The maximum atomic E-state index is 13.2. The molecule has 1 heterocycles. The molecule has 1 unspecified atom stereocenters. The van der Waals surface area contributed by atoms with Gasteiger partial charge in [-0.15, -0.1) is 0 Å². The standard InChI is InChI=1S/C14H19FN2O/c1-3-8-16-14(18)17-10(2)4-5-11-9-12(15)6-7-13(11)17/h6-7,9-10H,3-5,8H2,1-2H3,(H,16,18).